The van der Waals surface area contributed by atoms with Crippen LogP contribution in [0.5, 0.6) is 5.75 Å². The third-order valence-electron chi connectivity index (χ3n) is 3.65. The van der Waals surface area contributed by atoms with Crippen LogP contribution in [0.25, 0.3) is 0 Å². The molecule has 0 radical (unpaired) electrons. The van der Waals surface area contributed by atoms with Gasteiger partial charge < -0.3 is 9.64 Å². The fourth-order valence-corrected chi connectivity index (χ4v) is 2.19. The normalized spacial score (nSPS) is 11.1. The van der Waals surface area contributed by atoms with Crippen LogP contribution in [0.15, 0.2) is 48.5 Å². The third-order valence-corrected chi connectivity index (χ3v) is 3.65. The van der Waals surface area contributed by atoms with Crippen LogP contribution < -0.4 is 4.74 Å². The molecule has 0 bridgehead atoms. The number of ketones is 1. The van der Waals surface area contributed by atoms with Crippen LogP contribution in [0.3, 0.4) is 0 Å². The van der Waals surface area contributed by atoms with Gasteiger partial charge in [-0.3, -0.25) is 4.79 Å². The van der Waals surface area contributed by atoms with Crippen LogP contribution >= 0.6 is 0 Å². The molecule has 0 unspecified atom stereocenters. The number of aryl methyl sites for hydroxylation is 1. The molecule has 0 fully saturated rings. The zero-order valence-corrected chi connectivity index (χ0v) is 14.3. The molecule has 0 aliphatic carbocycles. The first-order valence-corrected chi connectivity index (χ1v) is 7.85. The molecule has 7 heteroatoms. The molecule has 0 saturated carbocycles. The number of hydrogen-bond donors (Lipinski definition) is 0. The predicted molar refractivity (Wildman–Crippen MR) is 90.2 cm³/mol. The molecular weight excluding hydrogens is 347 g/mol. The molecule has 26 heavy (non-hydrogen) atoms. The Morgan fingerprint density at radius 3 is 2.27 bits per heavy atom. The molecule has 2 rings (SSSR count). The van der Waals surface area contributed by atoms with Crippen molar-refractivity contribution in [2.45, 2.75) is 19.0 Å². The highest BCUT2D eigenvalue weighted by atomic mass is 19.4. The Balaban J connectivity index is 1.98. The molecular formula is C19H18F3NO3. The predicted octanol–water partition coefficient (Wildman–Crippen LogP) is 4.58. The van der Waals surface area contributed by atoms with E-state index >= 15 is 0 Å². The number of halogens is 3. The monoisotopic (exact) mass is 365 g/mol. The van der Waals surface area contributed by atoms with Crippen molar-refractivity contribution in [1.82, 2.24) is 4.90 Å². The number of carbonyl (C=O) groups is 2. The second-order valence-electron chi connectivity index (χ2n) is 5.91. The number of amides is 1. The van der Waals surface area contributed by atoms with Gasteiger partial charge in [-0.25, -0.2) is 4.79 Å². The van der Waals surface area contributed by atoms with Crippen LogP contribution in [-0.2, 0) is 12.6 Å². The molecule has 0 spiro atoms. The standard InChI is InChI=1S/C19H18F3NO3/c1-23(2)18(25)26-16-5-3-4-14(12-16)17(24)11-8-13-6-9-15(10-7-13)19(20,21)22/h3-7,9-10,12H,8,11H2,1-2H3. The summed E-state index contributed by atoms with van der Waals surface area (Å²) >= 11 is 0. The Kier molecular flexibility index (Phi) is 6.02. The van der Waals surface area contributed by atoms with E-state index in [0.29, 0.717) is 17.5 Å². The summed E-state index contributed by atoms with van der Waals surface area (Å²) in [4.78, 5) is 25.1. The fraction of sp³-hybridized carbons (Fsp3) is 0.263. The fourth-order valence-electron chi connectivity index (χ4n) is 2.19. The summed E-state index contributed by atoms with van der Waals surface area (Å²) in [5.74, 6) is 0.0664. The van der Waals surface area contributed by atoms with Crippen LogP contribution in [0.1, 0.15) is 27.9 Å². The van der Waals surface area contributed by atoms with Crippen LogP contribution in [0, 0.1) is 0 Å². The lowest BCUT2D eigenvalue weighted by Crippen LogP contribution is -2.25. The minimum absolute atomic E-state index is 0.135. The first-order chi connectivity index (χ1) is 12.2. The highest BCUT2D eigenvalue weighted by molar-refractivity contribution is 5.96. The van der Waals surface area contributed by atoms with E-state index in [1.807, 2.05) is 0 Å². The van der Waals surface area contributed by atoms with Gasteiger partial charge in [-0.15, -0.1) is 0 Å². The summed E-state index contributed by atoms with van der Waals surface area (Å²) < 4.78 is 42.7. The van der Waals surface area contributed by atoms with Crippen LogP contribution in [-0.4, -0.2) is 30.9 Å². The van der Waals surface area contributed by atoms with Crippen molar-refractivity contribution < 1.29 is 27.5 Å². The van der Waals surface area contributed by atoms with Gasteiger partial charge >= 0.3 is 12.3 Å². The third kappa shape index (κ3) is 5.34. The summed E-state index contributed by atoms with van der Waals surface area (Å²) in [5.41, 5.74) is 0.297. The number of carbonyl (C=O) groups excluding carboxylic acids is 2. The first kappa shape index (κ1) is 19.5. The first-order valence-electron chi connectivity index (χ1n) is 7.85. The van der Waals surface area contributed by atoms with Gasteiger partial charge in [-0.2, -0.15) is 13.2 Å². The van der Waals surface area contributed by atoms with E-state index in [0.717, 1.165) is 12.1 Å². The Morgan fingerprint density at radius 2 is 1.69 bits per heavy atom. The number of Topliss-reactive ketones (excluding diaryl/α,β-unsaturated/α-hetero) is 1. The molecule has 0 atom stereocenters. The van der Waals surface area contributed by atoms with Crippen molar-refractivity contribution in [3.8, 4) is 5.75 Å². The largest absolute Gasteiger partial charge is 0.416 e. The highest BCUT2D eigenvalue weighted by Crippen LogP contribution is 2.29. The van der Waals surface area contributed by atoms with E-state index in [2.05, 4.69) is 0 Å². The Morgan fingerprint density at radius 1 is 1.04 bits per heavy atom. The summed E-state index contributed by atoms with van der Waals surface area (Å²) in [7, 11) is 3.09. The molecule has 1 amide bonds. The van der Waals surface area contributed by atoms with Crippen LogP contribution in [0.2, 0.25) is 0 Å². The smallest absolute Gasteiger partial charge is 0.410 e. The molecule has 4 nitrogen and oxygen atoms in total. The van der Waals surface area contributed by atoms with Gasteiger partial charge in [0, 0.05) is 26.1 Å². The summed E-state index contributed by atoms with van der Waals surface area (Å²) in [6.07, 6.45) is -4.48. The molecule has 2 aromatic carbocycles. The maximum atomic E-state index is 12.5. The number of rotatable bonds is 5. The van der Waals surface area contributed by atoms with Crippen molar-refractivity contribution in [3.63, 3.8) is 0 Å². The van der Waals surface area contributed by atoms with Crippen molar-refractivity contribution in [1.29, 1.82) is 0 Å². The average Bonchev–Trinajstić information content (AvgIpc) is 2.59. The van der Waals surface area contributed by atoms with Crippen molar-refractivity contribution in [2.24, 2.45) is 0 Å². The maximum absolute atomic E-state index is 12.5. The van der Waals surface area contributed by atoms with E-state index in [9.17, 15) is 22.8 Å². The second-order valence-corrected chi connectivity index (χ2v) is 5.91. The van der Waals surface area contributed by atoms with E-state index in [1.54, 1.807) is 32.3 Å². The lowest BCUT2D eigenvalue weighted by atomic mass is 10.0. The summed E-state index contributed by atoms with van der Waals surface area (Å²) in [6, 6.07) is 11.0. The van der Waals surface area contributed by atoms with Gasteiger partial charge in [-0.05, 0) is 36.2 Å². The van der Waals surface area contributed by atoms with E-state index < -0.39 is 17.8 Å². The van der Waals surface area contributed by atoms with Gasteiger partial charge in [0.15, 0.2) is 5.78 Å². The maximum Gasteiger partial charge on any atom is 0.416 e. The SMILES string of the molecule is CN(C)C(=O)Oc1cccc(C(=O)CCc2ccc(C(F)(F)F)cc2)c1. The molecule has 0 N–H and O–H groups in total. The summed E-state index contributed by atoms with van der Waals surface area (Å²) in [5, 5.41) is 0. The van der Waals surface area contributed by atoms with Crippen molar-refractivity contribution in [2.75, 3.05) is 14.1 Å². The lowest BCUT2D eigenvalue weighted by Gasteiger charge is -2.11. The zero-order valence-electron chi connectivity index (χ0n) is 14.3. The van der Waals surface area contributed by atoms with Gasteiger partial charge in [0.05, 0.1) is 5.56 Å². The lowest BCUT2D eigenvalue weighted by molar-refractivity contribution is -0.137. The Bertz CT molecular complexity index is 783. The average molecular weight is 365 g/mol. The van der Waals surface area contributed by atoms with Gasteiger partial charge in [0.25, 0.3) is 0 Å². The van der Waals surface area contributed by atoms with E-state index in [-0.39, 0.29) is 18.0 Å². The Hall–Kier alpha value is -2.83. The minimum Gasteiger partial charge on any atom is -0.410 e. The zero-order chi connectivity index (χ0) is 19.3. The topological polar surface area (TPSA) is 46.6 Å². The molecule has 0 aliphatic rings. The van der Waals surface area contributed by atoms with E-state index in [4.69, 9.17) is 4.74 Å². The quantitative estimate of drug-likeness (QED) is 0.729. The Labute approximate surface area is 149 Å². The molecule has 0 heterocycles. The minimum atomic E-state index is -4.38. The number of alkyl halides is 3. The van der Waals surface area contributed by atoms with Gasteiger partial charge in [0.1, 0.15) is 5.75 Å². The van der Waals surface area contributed by atoms with E-state index in [1.165, 1.54) is 23.1 Å². The highest BCUT2D eigenvalue weighted by Gasteiger charge is 2.29. The molecule has 0 saturated heterocycles. The summed E-state index contributed by atoms with van der Waals surface area (Å²) in [6.45, 7) is 0. The molecule has 138 valence electrons. The number of ether oxygens (including phenoxy) is 1. The second kappa shape index (κ2) is 8.03. The van der Waals surface area contributed by atoms with Gasteiger partial charge in [-0.1, -0.05) is 24.3 Å². The number of benzene rings is 2. The molecule has 2 aromatic rings. The molecule has 0 aliphatic heterocycles. The number of nitrogens with zero attached hydrogens (tertiary/aromatic N) is 1. The van der Waals surface area contributed by atoms with Crippen molar-refractivity contribution in [3.05, 3.63) is 65.2 Å². The van der Waals surface area contributed by atoms with Crippen LogP contribution in [0.4, 0.5) is 18.0 Å². The molecule has 0 aromatic heterocycles. The van der Waals surface area contributed by atoms with Gasteiger partial charge in [0.2, 0.25) is 0 Å². The van der Waals surface area contributed by atoms with Crippen molar-refractivity contribution >= 4 is 11.9 Å². The number of hydrogen-bond acceptors (Lipinski definition) is 3.